The van der Waals surface area contributed by atoms with Gasteiger partial charge in [-0.25, -0.2) is 4.79 Å². The number of hydrogen-bond acceptors (Lipinski definition) is 4. The standard InChI is InChI=1S/C16H27N5O4/c1-10(2)18-16(25)20-7-8-21(11(3)22)13(9-20)15(24)19-12-5-4-6-17-14(12)23/h10,12-13H,4-9H2,1-3H3,(H,17,23)(H,18,25)(H,19,24)/t12-,13-/m0/s1. The Hall–Kier alpha value is -2.32. The van der Waals surface area contributed by atoms with Gasteiger partial charge in [-0.1, -0.05) is 0 Å². The Morgan fingerprint density at radius 3 is 2.56 bits per heavy atom. The lowest BCUT2D eigenvalue weighted by Gasteiger charge is -2.40. The molecule has 0 radical (unpaired) electrons. The number of urea groups is 1. The third-order valence-corrected chi connectivity index (χ3v) is 4.39. The van der Waals surface area contributed by atoms with Crippen LogP contribution in [0.25, 0.3) is 0 Å². The number of nitrogens with zero attached hydrogens (tertiary/aromatic N) is 2. The molecule has 2 atom stereocenters. The van der Waals surface area contributed by atoms with Gasteiger partial charge in [-0.05, 0) is 26.7 Å². The predicted octanol–water partition coefficient (Wildman–Crippen LogP) is -0.968. The summed E-state index contributed by atoms with van der Waals surface area (Å²) in [6.45, 7) is 6.49. The molecule has 0 saturated carbocycles. The minimum atomic E-state index is -0.793. The van der Waals surface area contributed by atoms with Gasteiger partial charge in [-0.2, -0.15) is 0 Å². The van der Waals surface area contributed by atoms with Gasteiger partial charge in [0, 0.05) is 32.6 Å². The van der Waals surface area contributed by atoms with Crippen LogP contribution in [0.15, 0.2) is 0 Å². The number of carbonyl (C=O) groups excluding carboxylic acids is 4. The zero-order valence-corrected chi connectivity index (χ0v) is 15.0. The molecule has 0 aliphatic carbocycles. The van der Waals surface area contributed by atoms with Gasteiger partial charge in [0.25, 0.3) is 0 Å². The molecule has 0 aromatic carbocycles. The van der Waals surface area contributed by atoms with Gasteiger partial charge in [0.2, 0.25) is 17.7 Å². The van der Waals surface area contributed by atoms with E-state index in [1.54, 1.807) is 0 Å². The van der Waals surface area contributed by atoms with Crippen molar-refractivity contribution in [1.29, 1.82) is 0 Å². The fourth-order valence-electron chi connectivity index (χ4n) is 3.08. The first-order valence-corrected chi connectivity index (χ1v) is 8.70. The Balaban J connectivity index is 2.06. The van der Waals surface area contributed by atoms with Gasteiger partial charge < -0.3 is 25.8 Å². The van der Waals surface area contributed by atoms with Crippen LogP contribution in [-0.2, 0) is 14.4 Å². The van der Waals surface area contributed by atoms with Crippen LogP contribution in [0, 0.1) is 0 Å². The van der Waals surface area contributed by atoms with Crippen molar-refractivity contribution >= 4 is 23.8 Å². The quantitative estimate of drug-likeness (QED) is 0.606. The van der Waals surface area contributed by atoms with Crippen LogP contribution in [-0.4, -0.2) is 77.9 Å². The molecule has 2 rings (SSSR count). The SMILES string of the molecule is CC(=O)N1CCN(C(=O)NC(C)C)C[C@H]1C(=O)N[C@H]1CCCNC1=O. The van der Waals surface area contributed by atoms with Gasteiger partial charge in [0.1, 0.15) is 12.1 Å². The fourth-order valence-corrected chi connectivity index (χ4v) is 3.08. The topological polar surface area (TPSA) is 111 Å². The molecule has 2 aliphatic rings. The average Bonchev–Trinajstić information content (AvgIpc) is 2.55. The summed E-state index contributed by atoms with van der Waals surface area (Å²) in [4.78, 5) is 51.6. The summed E-state index contributed by atoms with van der Waals surface area (Å²) in [5, 5.41) is 8.23. The fraction of sp³-hybridized carbons (Fsp3) is 0.750. The van der Waals surface area contributed by atoms with E-state index in [4.69, 9.17) is 0 Å². The summed E-state index contributed by atoms with van der Waals surface area (Å²) in [7, 11) is 0. The Labute approximate surface area is 147 Å². The molecule has 9 heteroatoms. The second-order valence-corrected chi connectivity index (χ2v) is 6.77. The first-order valence-electron chi connectivity index (χ1n) is 8.70. The molecule has 3 N–H and O–H groups in total. The summed E-state index contributed by atoms with van der Waals surface area (Å²) < 4.78 is 0. The van der Waals surface area contributed by atoms with Crippen molar-refractivity contribution in [2.45, 2.75) is 51.7 Å². The number of amides is 5. The van der Waals surface area contributed by atoms with Crippen LogP contribution >= 0.6 is 0 Å². The van der Waals surface area contributed by atoms with Crippen molar-refractivity contribution < 1.29 is 19.2 Å². The molecule has 0 unspecified atom stereocenters. The molecule has 0 aromatic rings. The van der Waals surface area contributed by atoms with E-state index in [9.17, 15) is 19.2 Å². The van der Waals surface area contributed by atoms with Gasteiger partial charge in [0.15, 0.2) is 0 Å². The average molecular weight is 353 g/mol. The largest absolute Gasteiger partial charge is 0.354 e. The van der Waals surface area contributed by atoms with Gasteiger partial charge in [-0.3, -0.25) is 14.4 Å². The normalized spacial score (nSPS) is 23.9. The second kappa shape index (κ2) is 8.17. The number of hydrogen-bond donors (Lipinski definition) is 3. The first kappa shape index (κ1) is 19.0. The summed E-state index contributed by atoms with van der Waals surface area (Å²) in [5.74, 6) is -0.837. The summed E-state index contributed by atoms with van der Waals surface area (Å²) >= 11 is 0. The molecule has 140 valence electrons. The Morgan fingerprint density at radius 1 is 1.24 bits per heavy atom. The molecule has 2 saturated heterocycles. The zero-order valence-electron chi connectivity index (χ0n) is 15.0. The van der Waals surface area contributed by atoms with E-state index < -0.39 is 18.0 Å². The summed E-state index contributed by atoms with van der Waals surface area (Å²) in [6.07, 6.45) is 1.36. The molecule has 0 spiro atoms. The van der Waals surface area contributed by atoms with E-state index in [2.05, 4.69) is 16.0 Å². The van der Waals surface area contributed by atoms with Crippen molar-refractivity contribution in [3.8, 4) is 0 Å². The van der Waals surface area contributed by atoms with Crippen molar-refractivity contribution in [1.82, 2.24) is 25.8 Å². The predicted molar refractivity (Wildman–Crippen MR) is 90.6 cm³/mol. The van der Waals surface area contributed by atoms with Crippen LogP contribution in [0.2, 0.25) is 0 Å². The number of nitrogens with one attached hydrogen (secondary N) is 3. The van der Waals surface area contributed by atoms with Crippen LogP contribution in [0.4, 0.5) is 4.79 Å². The van der Waals surface area contributed by atoms with Crippen LogP contribution in [0.3, 0.4) is 0 Å². The Bertz CT molecular complexity index is 551. The monoisotopic (exact) mass is 353 g/mol. The molecule has 0 bridgehead atoms. The maximum absolute atomic E-state index is 12.7. The van der Waals surface area contributed by atoms with Crippen molar-refractivity contribution in [3.05, 3.63) is 0 Å². The lowest BCUT2D eigenvalue weighted by Crippen LogP contribution is -2.64. The van der Waals surface area contributed by atoms with Gasteiger partial charge >= 0.3 is 6.03 Å². The number of carbonyl (C=O) groups is 4. The zero-order chi connectivity index (χ0) is 18.6. The molecular formula is C16H27N5O4. The highest BCUT2D eigenvalue weighted by Gasteiger charge is 2.37. The first-order chi connectivity index (χ1) is 11.8. The van der Waals surface area contributed by atoms with E-state index in [0.29, 0.717) is 19.5 Å². The summed E-state index contributed by atoms with van der Waals surface area (Å²) in [5.41, 5.74) is 0. The lowest BCUT2D eigenvalue weighted by atomic mass is 10.1. The maximum Gasteiger partial charge on any atom is 0.317 e. The van der Waals surface area contributed by atoms with Crippen molar-refractivity contribution in [2.75, 3.05) is 26.2 Å². The smallest absolute Gasteiger partial charge is 0.317 e. The molecule has 2 heterocycles. The van der Waals surface area contributed by atoms with Gasteiger partial charge in [-0.15, -0.1) is 0 Å². The summed E-state index contributed by atoms with van der Waals surface area (Å²) in [6, 6.07) is -1.66. The Kier molecular flexibility index (Phi) is 6.22. The Morgan fingerprint density at radius 2 is 1.96 bits per heavy atom. The third-order valence-electron chi connectivity index (χ3n) is 4.39. The molecule has 2 aliphatic heterocycles. The van der Waals surface area contributed by atoms with Crippen LogP contribution in [0.1, 0.15) is 33.6 Å². The van der Waals surface area contributed by atoms with Gasteiger partial charge in [0.05, 0.1) is 6.54 Å². The van der Waals surface area contributed by atoms with Crippen molar-refractivity contribution in [3.63, 3.8) is 0 Å². The van der Waals surface area contributed by atoms with Crippen molar-refractivity contribution in [2.24, 2.45) is 0 Å². The minimum absolute atomic E-state index is 0.0171. The maximum atomic E-state index is 12.7. The van der Waals surface area contributed by atoms with E-state index in [-0.39, 0.29) is 37.0 Å². The molecule has 25 heavy (non-hydrogen) atoms. The van der Waals surface area contributed by atoms with Crippen LogP contribution < -0.4 is 16.0 Å². The lowest BCUT2D eigenvalue weighted by molar-refractivity contribution is -0.143. The van der Waals surface area contributed by atoms with Crippen LogP contribution in [0.5, 0.6) is 0 Å². The number of rotatable bonds is 3. The van der Waals surface area contributed by atoms with E-state index in [1.165, 1.54) is 16.7 Å². The highest BCUT2D eigenvalue weighted by atomic mass is 16.2. The van der Waals surface area contributed by atoms with E-state index >= 15 is 0 Å². The van der Waals surface area contributed by atoms with E-state index in [1.807, 2.05) is 13.8 Å². The molecule has 5 amide bonds. The molecule has 9 nitrogen and oxygen atoms in total. The number of piperazine rings is 1. The minimum Gasteiger partial charge on any atom is -0.354 e. The molecule has 2 fully saturated rings. The number of piperidine rings is 1. The molecular weight excluding hydrogens is 326 g/mol. The highest BCUT2D eigenvalue weighted by Crippen LogP contribution is 2.13. The molecule has 0 aromatic heterocycles. The van der Waals surface area contributed by atoms with E-state index in [0.717, 1.165) is 6.42 Å². The third kappa shape index (κ3) is 4.83. The second-order valence-electron chi connectivity index (χ2n) is 6.77. The highest BCUT2D eigenvalue weighted by molar-refractivity contribution is 5.92.